The van der Waals surface area contributed by atoms with Crippen molar-refractivity contribution in [3.63, 3.8) is 0 Å². The van der Waals surface area contributed by atoms with E-state index in [0.717, 1.165) is 0 Å². The summed E-state index contributed by atoms with van der Waals surface area (Å²) in [5.74, 6) is -0.117. The van der Waals surface area contributed by atoms with E-state index in [1.807, 2.05) is 0 Å². The van der Waals surface area contributed by atoms with E-state index >= 15 is 0 Å². The Kier molecular flexibility index (Phi) is 4.38. The number of benzene rings is 1. The summed E-state index contributed by atoms with van der Waals surface area (Å²) in [7, 11) is 0. The van der Waals surface area contributed by atoms with Gasteiger partial charge in [-0.2, -0.15) is 5.26 Å². The lowest BCUT2D eigenvalue weighted by Crippen LogP contribution is -2.10. The highest BCUT2D eigenvalue weighted by atomic mass is 16.5. The van der Waals surface area contributed by atoms with Crippen LogP contribution in [-0.4, -0.2) is 22.3 Å². The third-order valence-corrected chi connectivity index (χ3v) is 2.77. The predicted molar refractivity (Wildman–Crippen MR) is 77.2 cm³/mol. The summed E-state index contributed by atoms with van der Waals surface area (Å²) in [6.07, 6.45) is -1.44. The third-order valence-electron chi connectivity index (χ3n) is 2.77. The second-order valence-corrected chi connectivity index (χ2v) is 4.36. The van der Waals surface area contributed by atoms with Crippen LogP contribution in [0.2, 0.25) is 0 Å². The van der Waals surface area contributed by atoms with Gasteiger partial charge >= 0.3 is 6.09 Å². The number of hydrogen-bond acceptors (Lipinski definition) is 5. The molecule has 0 aliphatic rings. The van der Waals surface area contributed by atoms with Gasteiger partial charge < -0.3 is 14.9 Å². The minimum atomic E-state index is -1.21. The Balaban J connectivity index is 2.23. The van der Waals surface area contributed by atoms with Crippen molar-refractivity contribution < 1.29 is 19.2 Å². The zero-order chi connectivity index (χ0) is 16.1. The average molecular weight is 300 g/mol. The van der Waals surface area contributed by atoms with Crippen LogP contribution in [0, 0.1) is 18.3 Å². The molecule has 2 aromatic rings. The van der Waals surface area contributed by atoms with E-state index in [9.17, 15) is 9.59 Å². The molecule has 0 spiro atoms. The van der Waals surface area contributed by atoms with Crippen LogP contribution in [0.5, 0.6) is 0 Å². The zero-order valence-electron chi connectivity index (χ0n) is 11.6. The largest absolute Gasteiger partial charge is 0.465 e. The van der Waals surface area contributed by atoms with Gasteiger partial charge in [-0.3, -0.25) is 10.1 Å². The van der Waals surface area contributed by atoms with Gasteiger partial charge in [-0.15, -0.1) is 0 Å². The summed E-state index contributed by atoms with van der Waals surface area (Å²) >= 11 is 0. The maximum atomic E-state index is 11.3. The lowest BCUT2D eigenvalue weighted by molar-refractivity contribution is -0.115. The summed E-state index contributed by atoms with van der Waals surface area (Å²) in [6, 6.07) is 8.29. The molecular formula is C14H12N4O4. The van der Waals surface area contributed by atoms with E-state index in [2.05, 4.69) is 15.8 Å². The smallest absolute Gasteiger partial charge is 0.409 e. The standard InChI is InChI=1S/C14H12N4O4/c1-8-12(17-14(20)21)13(22-18-8)9-2-4-10(5-3-9)16-11(19)6-7-15/h2-5,17H,6H2,1H3,(H,16,19)(H,20,21). The monoisotopic (exact) mass is 300 g/mol. The van der Waals surface area contributed by atoms with Gasteiger partial charge in [0, 0.05) is 11.3 Å². The summed E-state index contributed by atoms with van der Waals surface area (Å²) in [4.78, 5) is 22.1. The van der Waals surface area contributed by atoms with E-state index in [1.54, 1.807) is 37.3 Å². The first-order valence-electron chi connectivity index (χ1n) is 6.24. The number of anilines is 2. The number of amides is 2. The normalized spacial score (nSPS) is 9.82. The third kappa shape index (κ3) is 3.40. The Bertz CT molecular complexity index is 743. The van der Waals surface area contributed by atoms with Crippen molar-refractivity contribution >= 4 is 23.4 Å². The van der Waals surface area contributed by atoms with Crippen molar-refractivity contribution in [3.8, 4) is 17.4 Å². The molecule has 0 unspecified atom stereocenters. The Morgan fingerprint density at radius 3 is 2.59 bits per heavy atom. The number of aryl methyl sites for hydroxylation is 1. The number of nitriles is 1. The Labute approximate surface area is 125 Å². The van der Waals surface area contributed by atoms with Crippen molar-refractivity contribution in [2.24, 2.45) is 0 Å². The molecule has 0 fully saturated rings. The molecule has 1 heterocycles. The van der Waals surface area contributed by atoms with Gasteiger partial charge in [-0.05, 0) is 31.2 Å². The lowest BCUT2D eigenvalue weighted by Gasteiger charge is -2.05. The Hall–Kier alpha value is -3.34. The van der Waals surface area contributed by atoms with Crippen molar-refractivity contribution in [3.05, 3.63) is 30.0 Å². The topological polar surface area (TPSA) is 128 Å². The van der Waals surface area contributed by atoms with Gasteiger partial charge in [0.25, 0.3) is 0 Å². The predicted octanol–water partition coefficient (Wildman–Crippen LogP) is 2.59. The van der Waals surface area contributed by atoms with Crippen LogP contribution in [-0.2, 0) is 4.79 Å². The first-order chi connectivity index (χ1) is 10.5. The van der Waals surface area contributed by atoms with E-state index < -0.39 is 12.0 Å². The molecule has 0 radical (unpaired) electrons. The highest BCUT2D eigenvalue weighted by Crippen LogP contribution is 2.31. The molecule has 0 saturated carbocycles. The summed E-state index contributed by atoms with van der Waals surface area (Å²) in [6.45, 7) is 1.62. The number of nitrogens with one attached hydrogen (secondary N) is 2. The Morgan fingerprint density at radius 2 is 2.00 bits per heavy atom. The van der Waals surface area contributed by atoms with Gasteiger partial charge in [-0.25, -0.2) is 4.79 Å². The molecule has 8 nitrogen and oxygen atoms in total. The van der Waals surface area contributed by atoms with Crippen LogP contribution < -0.4 is 10.6 Å². The number of carbonyl (C=O) groups is 2. The molecule has 2 rings (SSSR count). The number of aromatic nitrogens is 1. The molecular weight excluding hydrogens is 288 g/mol. The van der Waals surface area contributed by atoms with Crippen molar-refractivity contribution in [2.75, 3.05) is 10.6 Å². The second-order valence-electron chi connectivity index (χ2n) is 4.36. The molecule has 2 amide bonds. The maximum absolute atomic E-state index is 11.3. The fourth-order valence-electron chi connectivity index (χ4n) is 1.80. The molecule has 3 N–H and O–H groups in total. The van der Waals surface area contributed by atoms with Gasteiger partial charge in [0.1, 0.15) is 17.8 Å². The number of nitrogens with zero attached hydrogens (tertiary/aromatic N) is 2. The Morgan fingerprint density at radius 1 is 1.32 bits per heavy atom. The summed E-state index contributed by atoms with van der Waals surface area (Å²) in [5, 5.41) is 25.8. The first kappa shape index (κ1) is 15.1. The minimum Gasteiger partial charge on any atom is -0.465 e. The highest BCUT2D eigenvalue weighted by Gasteiger charge is 2.17. The van der Waals surface area contributed by atoms with E-state index in [1.165, 1.54) is 0 Å². The van der Waals surface area contributed by atoms with Gasteiger partial charge in [0.15, 0.2) is 5.76 Å². The molecule has 112 valence electrons. The first-order valence-corrected chi connectivity index (χ1v) is 6.24. The average Bonchev–Trinajstić information content (AvgIpc) is 2.81. The molecule has 1 aromatic carbocycles. The van der Waals surface area contributed by atoms with Crippen LogP contribution in [0.15, 0.2) is 28.8 Å². The van der Waals surface area contributed by atoms with Crippen molar-refractivity contribution in [2.45, 2.75) is 13.3 Å². The minimum absolute atomic E-state index is 0.226. The summed E-state index contributed by atoms with van der Waals surface area (Å²) in [5.41, 5.74) is 1.81. The molecule has 0 aliphatic carbocycles. The number of carboxylic acid groups (broad SMARTS) is 1. The molecule has 0 bridgehead atoms. The van der Waals surface area contributed by atoms with Crippen LogP contribution in [0.3, 0.4) is 0 Å². The van der Waals surface area contributed by atoms with Crippen LogP contribution in [0.1, 0.15) is 12.1 Å². The maximum Gasteiger partial charge on any atom is 0.409 e. The van der Waals surface area contributed by atoms with Gasteiger partial charge in [0.05, 0.1) is 6.07 Å². The van der Waals surface area contributed by atoms with E-state index in [-0.39, 0.29) is 17.9 Å². The van der Waals surface area contributed by atoms with Gasteiger partial charge in [0.2, 0.25) is 5.91 Å². The molecule has 0 atom stereocenters. The lowest BCUT2D eigenvalue weighted by atomic mass is 10.1. The number of hydrogen-bond donors (Lipinski definition) is 3. The molecule has 0 aliphatic heterocycles. The fourth-order valence-corrected chi connectivity index (χ4v) is 1.80. The zero-order valence-corrected chi connectivity index (χ0v) is 11.6. The molecule has 1 aromatic heterocycles. The molecule has 22 heavy (non-hydrogen) atoms. The number of rotatable bonds is 4. The highest BCUT2D eigenvalue weighted by molar-refractivity contribution is 5.93. The quantitative estimate of drug-likeness (QED) is 0.796. The van der Waals surface area contributed by atoms with Crippen LogP contribution >= 0.6 is 0 Å². The SMILES string of the molecule is Cc1noc(-c2ccc(NC(=O)CC#N)cc2)c1NC(=O)O. The number of carbonyl (C=O) groups excluding carboxylic acids is 1. The molecule has 8 heteroatoms. The summed E-state index contributed by atoms with van der Waals surface area (Å²) < 4.78 is 5.14. The van der Waals surface area contributed by atoms with Crippen LogP contribution in [0.25, 0.3) is 11.3 Å². The molecule has 0 saturated heterocycles. The van der Waals surface area contributed by atoms with Crippen LogP contribution in [0.4, 0.5) is 16.2 Å². The van der Waals surface area contributed by atoms with E-state index in [0.29, 0.717) is 16.9 Å². The van der Waals surface area contributed by atoms with Crippen molar-refractivity contribution in [1.29, 1.82) is 5.26 Å². The van der Waals surface area contributed by atoms with Crippen molar-refractivity contribution in [1.82, 2.24) is 5.16 Å². The van der Waals surface area contributed by atoms with Gasteiger partial charge in [-0.1, -0.05) is 5.16 Å². The second kappa shape index (κ2) is 6.41. The fraction of sp³-hybridized carbons (Fsp3) is 0.143. The van der Waals surface area contributed by atoms with E-state index in [4.69, 9.17) is 14.9 Å².